The Bertz CT molecular complexity index is 596. The Labute approximate surface area is 145 Å². The summed E-state index contributed by atoms with van der Waals surface area (Å²) < 4.78 is 0.961. The lowest BCUT2D eigenvalue weighted by Gasteiger charge is -2.40. The Morgan fingerprint density at radius 2 is 1.87 bits per heavy atom. The van der Waals surface area contributed by atoms with Crippen molar-refractivity contribution in [3.05, 3.63) is 22.8 Å². The normalized spacial score (nSPS) is 20.9. The van der Waals surface area contributed by atoms with Crippen molar-refractivity contribution in [1.29, 1.82) is 5.26 Å². The fourth-order valence-electron chi connectivity index (χ4n) is 3.53. The van der Waals surface area contributed by atoms with Gasteiger partial charge in [0.15, 0.2) is 0 Å². The second-order valence-corrected chi connectivity index (χ2v) is 7.28. The van der Waals surface area contributed by atoms with Gasteiger partial charge in [0, 0.05) is 36.8 Å². The molecule has 2 fully saturated rings. The van der Waals surface area contributed by atoms with E-state index < -0.39 is 5.41 Å². The Morgan fingerprint density at radius 3 is 2.43 bits per heavy atom. The van der Waals surface area contributed by atoms with Crippen molar-refractivity contribution < 1.29 is 4.79 Å². The largest absolute Gasteiger partial charge is 0.353 e. The minimum absolute atomic E-state index is 0.0446. The van der Waals surface area contributed by atoms with Gasteiger partial charge in [-0.3, -0.25) is 4.79 Å². The van der Waals surface area contributed by atoms with Gasteiger partial charge in [0.05, 0.1) is 6.07 Å². The number of carbonyl (C=O) groups excluding carboxylic acids is 1. The van der Waals surface area contributed by atoms with Crippen LogP contribution in [0, 0.1) is 16.7 Å². The van der Waals surface area contributed by atoms with Crippen LogP contribution in [-0.2, 0) is 4.79 Å². The summed E-state index contributed by atoms with van der Waals surface area (Å²) in [5.41, 5.74) is -0.768. The first-order valence-corrected chi connectivity index (χ1v) is 9.01. The number of pyridine rings is 1. The highest BCUT2D eigenvalue weighted by molar-refractivity contribution is 9.10. The van der Waals surface area contributed by atoms with E-state index >= 15 is 0 Å². The number of anilines is 1. The van der Waals surface area contributed by atoms with Crippen LogP contribution in [0.1, 0.15) is 32.1 Å². The lowest BCUT2D eigenvalue weighted by atomic mass is 9.74. The van der Waals surface area contributed by atoms with E-state index in [0.29, 0.717) is 13.1 Å². The van der Waals surface area contributed by atoms with Gasteiger partial charge < -0.3 is 9.80 Å². The number of hydrogen-bond acceptors (Lipinski definition) is 4. The van der Waals surface area contributed by atoms with E-state index in [1.165, 1.54) is 0 Å². The molecule has 1 saturated heterocycles. The zero-order chi connectivity index (χ0) is 16.3. The second kappa shape index (κ2) is 6.88. The topological polar surface area (TPSA) is 60.2 Å². The average molecular weight is 377 g/mol. The maximum Gasteiger partial charge on any atom is 0.243 e. The standard InChI is InChI=1S/C17H21BrN4O/c18-14-4-5-15(20-12-14)21-8-10-22(11-9-21)16(23)17(13-19)6-2-1-3-7-17/h4-5,12H,1-3,6-11H2. The zero-order valence-corrected chi connectivity index (χ0v) is 14.8. The average Bonchev–Trinajstić information content (AvgIpc) is 2.62. The molecule has 0 bridgehead atoms. The Morgan fingerprint density at radius 1 is 1.17 bits per heavy atom. The zero-order valence-electron chi connectivity index (χ0n) is 13.2. The fraction of sp³-hybridized carbons (Fsp3) is 0.588. The van der Waals surface area contributed by atoms with Crippen molar-refractivity contribution >= 4 is 27.7 Å². The number of piperazine rings is 1. The Hall–Kier alpha value is -1.61. The SMILES string of the molecule is N#CC1(C(=O)N2CCN(c3ccc(Br)cn3)CC2)CCCCC1. The molecule has 6 heteroatoms. The van der Waals surface area contributed by atoms with E-state index in [2.05, 4.69) is 31.9 Å². The van der Waals surface area contributed by atoms with E-state index in [9.17, 15) is 10.1 Å². The molecular weight excluding hydrogens is 356 g/mol. The van der Waals surface area contributed by atoms with Crippen molar-refractivity contribution in [2.75, 3.05) is 31.1 Å². The molecule has 1 aromatic rings. The molecule has 0 aromatic carbocycles. The summed E-state index contributed by atoms with van der Waals surface area (Å²) in [6, 6.07) is 6.31. The third-order valence-electron chi connectivity index (χ3n) is 4.93. The number of nitrogens with zero attached hydrogens (tertiary/aromatic N) is 4. The molecule has 1 amide bonds. The summed E-state index contributed by atoms with van der Waals surface area (Å²) in [5.74, 6) is 0.982. The van der Waals surface area contributed by atoms with E-state index in [1.54, 1.807) is 6.20 Å². The van der Waals surface area contributed by atoms with Gasteiger partial charge in [-0.2, -0.15) is 5.26 Å². The number of hydrogen-bond donors (Lipinski definition) is 0. The van der Waals surface area contributed by atoms with Gasteiger partial charge in [-0.15, -0.1) is 0 Å². The van der Waals surface area contributed by atoms with Crippen molar-refractivity contribution in [3.8, 4) is 6.07 Å². The molecule has 1 aromatic heterocycles. The minimum Gasteiger partial charge on any atom is -0.353 e. The highest BCUT2D eigenvalue weighted by Gasteiger charge is 2.43. The van der Waals surface area contributed by atoms with Gasteiger partial charge in [-0.1, -0.05) is 19.3 Å². The molecule has 23 heavy (non-hydrogen) atoms. The highest BCUT2D eigenvalue weighted by atomic mass is 79.9. The Balaban J connectivity index is 1.63. The smallest absolute Gasteiger partial charge is 0.243 e. The first-order valence-electron chi connectivity index (χ1n) is 8.22. The monoisotopic (exact) mass is 376 g/mol. The molecule has 0 N–H and O–H groups in total. The van der Waals surface area contributed by atoms with Gasteiger partial charge in [0.2, 0.25) is 5.91 Å². The maximum atomic E-state index is 12.9. The predicted octanol–water partition coefficient (Wildman–Crippen LogP) is 2.97. The molecule has 1 aliphatic carbocycles. The summed E-state index contributed by atoms with van der Waals surface area (Å²) in [6.45, 7) is 2.86. The van der Waals surface area contributed by atoms with Crippen LogP contribution in [0.3, 0.4) is 0 Å². The molecule has 0 atom stereocenters. The molecular formula is C17H21BrN4O. The van der Waals surface area contributed by atoms with Crippen molar-refractivity contribution in [1.82, 2.24) is 9.88 Å². The van der Waals surface area contributed by atoms with Gasteiger partial charge in [0.1, 0.15) is 11.2 Å². The fourth-order valence-corrected chi connectivity index (χ4v) is 3.76. The Kier molecular flexibility index (Phi) is 4.86. The van der Waals surface area contributed by atoms with Crippen LogP contribution in [0.25, 0.3) is 0 Å². The third-order valence-corrected chi connectivity index (χ3v) is 5.40. The van der Waals surface area contributed by atoms with E-state index in [1.807, 2.05) is 17.0 Å². The van der Waals surface area contributed by atoms with Gasteiger partial charge >= 0.3 is 0 Å². The summed E-state index contributed by atoms with van der Waals surface area (Å²) in [6.07, 6.45) is 6.34. The molecule has 0 radical (unpaired) electrons. The summed E-state index contributed by atoms with van der Waals surface area (Å²) >= 11 is 3.39. The first-order chi connectivity index (χ1) is 11.1. The number of halogens is 1. The van der Waals surface area contributed by atoms with Crippen LogP contribution in [0.5, 0.6) is 0 Å². The number of nitriles is 1. The maximum absolute atomic E-state index is 12.9. The van der Waals surface area contributed by atoms with Gasteiger partial charge in [-0.05, 0) is 40.9 Å². The van der Waals surface area contributed by atoms with Crippen LogP contribution in [-0.4, -0.2) is 42.0 Å². The molecule has 0 spiro atoms. The van der Waals surface area contributed by atoms with E-state index in [-0.39, 0.29) is 5.91 Å². The summed E-state index contributed by atoms with van der Waals surface area (Å²) in [5, 5.41) is 9.58. The highest BCUT2D eigenvalue weighted by Crippen LogP contribution is 2.37. The van der Waals surface area contributed by atoms with Crippen LogP contribution in [0.15, 0.2) is 22.8 Å². The predicted molar refractivity (Wildman–Crippen MR) is 91.9 cm³/mol. The lowest BCUT2D eigenvalue weighted by molar-refractivity contribution is -0.140. The quantitative estimate of drug-likeness (QED) is 0.795. The molecule has 5 nitrogen and oxygen atoms in total. The molecule has 1 saturated carbocycles. The van der Waals surface area contributed by atoms with Gasteiger partial charge in [-0.25, -0.2) is 4.98 Å². The van der Waals surface area contributed by atoms with Crippen molar-refractivity contribution in [2.24, 2.45) is 5.41 Å². The first kappa shape index (κ1) is 16.3. The van der Waals surface area contributed by atoms with Crippen LogP contribution in [0.4, 0.5) is 5.82 Å². The van der Waals surface area contributed by atoms with E-state index in [4.69, 9.17) is 0 Å². The van der Waals surface area contributed by atoms with Crippen LogP contribution in [0.2, 0.25) is 0 Å². The third kappa shape index (κ3) is 3.35. The number of amides is 1. The number of carbonyl (C=O) groups is 1. The molecule has 3 rings (SSSR count). The lowest BCUT2D eigenvalue weighted by Crippen LogP contribution is -2.53. The van der Waals surface area contributed by atoms with Crippen LogP contribution >= 0.6 is 15.9 Å². The van der Waals surface area contributed by atoms with E-state index in [0.717, 1.165) is 55.5 Å². The molecule has 2 heterocycles. The second-order valence-electron chi connectivity index (χ2n) is 6.37. The summed E-state index contributed by atoms with van der Waals surface area (Å²) in [4.78, 5) is 21.3. The number of aromatic nitrogens is 1. The molecule has 122 valence electrons. The minimum atomic E-state index is -0.768. The number of rotatable bonds is 2. The molecule has 0 unspecified atom stereocenters. The van der Waals surface area contributed by atoms with Crippen molar-refractivity contribution in [2.45, 2.75) is 32.1 Å². The molecule has 1 aliphatic heterocycles. The van der Waals surface area contributed by atoms with Gasteiger partial charge in [0.25, 0.3) is 0 Å². The molecule has 2 aliphatic rings. The van der Waals surface area contributed by atoms with Crippen molar-refractivity contribution in [3.63, 3.8) is 0 Å². The van der Waals surface area contributed by atoms with Crippen LogP contribution < -0.4 is 4.90 Å². The summed E-state index contributed by atoms with van der Waals surface area (Å²) in [7, 11) is 0.